The molecule has 108 valence electrons. The van der Waals surface area contributed by atoms with E-state index in [1.54, 1.807) is 0 Å². The Labute approximate surface area is 120 Å². The lowest BCUT2D eigenvalue weighted by molar-refractivity contribution is 0.288. The lowest BCUT2D eigenvalue weighted by Gasteiger charge is -2.09. The molecule has 0 fully saturated rings. The maximum atomic E-state index is 8.89. The van der Waals surface area contributed by atoms with Crippen molar-refractivity contribution in [2.75, 3.05) is 11.9 Å². The summed E-state index contributed by atoms with van der Waals surface area (Å²) in [5, 5.41) is 16.8. The van der Waals surface area contributed by atoms with Crippen molar-refractivity contribution in [3.05, 3.63) is 46.8 Å². The van der Waals surface area contributed by atoms with Crippen LogP contribution in [0.3, 0.4) is 0 Å². The highest BCUT2D eigenvalue weighted by Gasteiger charge is 2.08. The number of aromatic nitrogens is 2. The van der Waals surface area contributed by atoms with Gasteiger partial charge in [-0.2, -0.15) is 5.10 Å². The third-order valence-corrected chi connectivity index (χ3v) is 3.68. The molecule has 4 heteroatoms. The Bertz CT molecular complexity index is 575. The van der Waals surface area contributed by atoms with Crippen molar-refractivity contribution in [2.24, 2.45) is 7.05 Å². The predicted octanol–water partition coefficient (Wildman–Crippen LogP) is 2.57. The second-order valence-electron chi connectivity index (χ2n) is 5.15. The highest BCUT2D eigenvalue weighted by Crippen LogP contribution is 2.16. The average Bonchev–Trinajstić information content (AvgIpc) is 2.68. The molecule has 0 saturated carbocycles. The molecule has 0 aliphatic rings. The van der Waals surface area contributed by atoms with Crippen LogP contribution in [0.2, 0.25) is 0 Å². The Morgan fingerprint density at radius 3 is 2.75 bits per heavy atom. The summed E-state index contributed by atoms with van der Waals surface area (Å²) in [5.74, 6) is 0. The third kappa shape index (κ3) is 3.39. The molecule has 1 aromatic heterocycles. The van der Waals surface area contributed by atoms with Crippen molar-refractivity contribution in [1.29, 1.82) is 0 Å². The first-order valence-electron chi connectivity index (χ1n) is 7.04. The van der Waals surface area contributed by atoms with Gasteiger partial charge < -0.3 is 10.4 Å². The standard InChI is InChI=1S/C16H23N3O/c1-12-16(13(2)19(3)18-12)11-17-15-8-4-6-14(10-15)7-5-9-20/h4,6,8,10,17,20H,5,7,9,11H2,1-3H3. The first kappa shape index (κ1) is 14.6. The number of nitrogens with zero attached hydrogens (tertiary/aromatic N) is 2. The van der Waals surface area contributed by atoms with Crippen LogP contribution in [0.15, 0.2) is 24.3 Å². The van der Waals surface area contributed by atoms with E-state index in [1.807, 2.05) is 18.7 Å². The molecule has 0 atom stereocenters. The molecule has 0 aliphatic carbocycles. The molecule has 20 heavy (non-hydrogen) atoms. The van der Waals surface area contributed by atoms with Gasteiger partial charge in [0, 0.05) is 37.1 Å². The van der Waals surface area contributed by atoms with Crippen LogP contribution in [0.25, 0.3) is 0 Å². The summed E-state index contributed by atoms with van der Waals surface area (Å²) in [7, 11) is 1.97. The van der Waals surface area contributed by atoms with Gasteiger partial charge in [-0.3, -0.25) is 4.68 Å². The molecule has 0 bridgehead atoms. The Morgan fingerprint density at radius 1 is 1.30 bits per heavy atom. The van der Waals surface area contributed by atoms with Gasteiger partial charge in [0.05, 0.1) is 5.69 Å². The number of anilines is 1. The zero-order valence-electron chi connectivity index (χ0n) is 12.5. The number of rotatable bonds is 6. The molecule has 2 rings (SSSR count). The summed E-state index contributed by atoms with van der Waals surface area (Å²) in [5.41, 5.74) is 5.90. The lowest BCUT2D eigenvalue weighted by atomic mass is 10.1. The van der Waals surface area contributed by atoms with Gasteiger partial charge in [-0.15, -0.1) is 0 Å². The summed E-state index contributed by atoms with van der Waals surface area (Å²) in [6.45, 7) is 5.16. The average molecular weight is 273 g/mol. The van der Waals surface area contributed by atoms with Crippen molar-refractivity contribution in [2.45, 2.75) is 33.2 Å². The van der Waals surface area contributed by atoms with E-state index in [2.05, 4.69) is 41.6 Å². The maximum Gasteiger partial charge on any atom is 0.0646 e. The molecule has 0 spiro atoms. The normalized spacial score (nSPS) is 10.8. The maximum absolute atomic E-state index is 8.89. The first-order valence-corrected chi connectivity index (χ1v) is 7.04. The van der Waals surface area contributed by atoms with E-state index in [4.69, 9.17) is 5.11 Å². The molecule has 0 radical (unpaired) electrons. The largest absolute Gasteiger partial charge is 0.396 e. The number of aliphatic hydroxyl groups is 1. The number of aliphatic hydroxyl groups excluding tert-OH is 1. The summed E-state index contributed by atoms with van der Waals surface area (Å²) in [6, 6.07) is 8.37. The molecule has 1 aromatic carbocycles. The van der Waals surface area contributed by atoms with Gasteiger partial charge in [-0.1, -0.05) is 12.1 Å². The highest BCUT2D eigenvalue weighted by molar-refractivity contribution is 5.46. The zero-order valence-corrected chi connectivity index (χ0v) is 12.5. The summed E-state index contributed by atoms with van der Waals surface area (Å²) < 4.78 is 1.92. The van der Waals surface area contributed by atoms with Crippen LogP contribution < -0.4 is 5.32 Å². The van der Waals surface area contributed by atoms with E-state index in [1.165, 1.54) is 16.8 Å². The van der Waals surface area contributed by atoms with E-state index in [-0.39, 0.29) is 6.61 Å². The molecule has 0 amide bonds. The van der Waals surface area contributed by atoms with Crippen molar-refractivity contribution in [3.8, 4) is 0 Å². The van der Waals surface area contributed by atoms with Gasteiger partial charge >= 0.3 is 0 Å². The second-order valence-corrected chi connectivity index (χ2v) is 5.15. The van der Waals surface area contributed by atoms with Gasteiger partial charge in [-0.05, 0) is 44.4 Å². The van der Waals surface area contributed by atoms with Gasteiger partial charge in [0.15, 0.2) is 0 Å². The minimum absolute atomic E-state index is 0.242. The Hall–Kier alpha value is -1.81. The number of benzene rings is 1. The Kier molecular flexibility index (Phi) is 4.79. The first-order chi connectivity index (χ1) is 9.61. The molecule has 2 aromatic rings. The van der Waals surface area contributed by atoms with Crippen molar-refractivity contribution >= 4 is 5.69 Å². The molecular weight excluding hydrogens is 250 g/mol. The fourth-order valence-electron chi connectivity index (χ4n) is 2.38. The summed E-state index contributed by atoms with van der Waals surface area (Å²) in [6.07, 6.45) is 1.72. The summed E-state index contributed by atoms with van der Waals surface area (Å²) >= 11 is 0. The number of hydrogen-bond donors (Lipinski definition) is 2. The number of nitrogens with one attached hydrogen (secondary N) is 1. The molecule has 4 nitrogen and oxygen atoms in total. The highest BCUT2D eigenvalue weighted by atomic mass is 16.2. The number of aryl methyl sites for hydroxylation is 3. The number of hydrogen-bond acceptors (Lipinski definition) is 3. The second kappa shape index (κ2) is 6.57. The topological polar surface area (TPSA) is 50.1 Å². The van der Waals surface area contributed by atoms with Gasteiger partial charge in [0.1, 0.15) is 0 Å². The van der Waals surface area contributed by atoms with Crippen molar-refractivity contribution < 1.29 is 5.11 Å². The van der Waals surface area contributed by atoms with E-state index in [9.17, 15) is 0 Å². The zero-order chi connectivity index (χ0) is 14.5. The molecule has 0 aliphatic heterocycles. The SMILES string of the molecule is Cc1nn(C)c(C)c1CNc1cccc(CCCO)c1. The van der Waals surface area contributed by atoms with Crippen LogP contribution in [0.1, 0.15) is 28.9 Å². The third-order valence-electron chi connectivity index (χ3n) is 3.68. The van der Waals surface area contributed by atoms with Crippen molar-refractivity contribution in [1.82, 2.24) is 9.78 Å². The molecule has 0 saturated heterocycles. The monoisotopic (exact) mass is 273 g/mol. The molecular formula is C16H23N3O. The van der Waals surface area contributed by atoms with E-state index >= 15 is 0 Å². The van der Waals surface area contributed by atoms with E-state index in [0.717, 1.165) is 30.8 Å². The Morgan fingerprint density at radius 2 is 2.10 bits per heavy atom. The molecule has 0 unspecified atom stereocenters. The van der Waals surface area contributed by atoms with Crippen LogP contribution in [-0.4, -0.2) is 21.5 Å². The fourth-order valence-corrected chi connectivity index (χ4v) is 2.38. The smallest absolute Gasteiger partial charge is 0.0646 e. The lowest BCUT2D eigenvalue weighted by Crippen LogP contribution is -2.03. The summed E-state index contributed by atoms with van der Waals surface area (Å²) in [4.78, 5) is 0. The Balaban J connectivity index is 2.03. The van der Waals surface area contributed by atoms with E-state index in [0.29, 0.717) is 0 Å². The van der Waals surface area contributed by atoms with Crippen LogP contribution >= 0.6 is 0 Å². The molecule has 1 heterocycles. The minimum Gasteiger partial charge on any atom is -0.396 e. The van der Waals surface area contributed by atoms with Gasteiger partial charge in [0.2, 0.25) is 0 Å². The predicted molar refractivity (Wildman–Crippen MR) is 81.9 cm³/mol. The van der Waals surface area contributed by atoms with Gasteiger partial charge in [-0.25, -0.2) is 0 Å². The molecule has 2 N–H and O–H groups in total. The van der Waals surface area contributed by atoms with Crippen LogP contribution in [0.4, 0.5) is 5.69 Å². The minimum atomic E-state index is 0.242. The van der Waals surface area contributed by atoms with Gasteiger partial charge in [0.25, 0.3) is 0 Å². The van der Waals surface area contributed by atoms with Crippen LogP contribution in [0, 0.1) is 13.8 Å². The quantitative estimate of drug-likeness (QED) is 0.850. The van der Waals surface area contributed by atoms with Crippen LogP contribution in [0.5, 0.6) is 0 Å². The fraction of sp³-hybridized carbons (Fsp3) is 0.438. The van der Waals surface area contributed by atoms with Crippen LogP contribution in [-0.2, 0) is 20.0 Å². The van der Waals surface area contributed by atoms with E-state index < -0.39 is 0 Å². The van der Waals surface area contributed by atoms with Crippen molar-refractivity contribution in [3.63, 3.8) is 0 Å².